The molecule has 0 fully saturated rings. The third kappa shape index (κ3) is 3.56. The second-order valence-electron chi connectivity index (χ2n) is 5.50. The largest absolute Gasteiger partial charge is 0.482 e. The predicted molar refractivity (Wildman–Crippen MR) is 97.2 cm³/mol. The molecule has 0 spiro atoms. The van der Waals surface area contributed by atoms with E-state index >= 15 is 0 Å². The van der Waals surface area contributed by atoms with Gasteiger partial charge in [0.25, 0.3) is 11.5 Å². The van der Waals surface area contributed by atoms with E-state index in [4.69, 9.17) is 4.74 Å². The highest BCUT2D eigenvalue weighted by Crippen LogP contribution is 2.33. The molecule has 3 rings (SSSR count). The SMILES string of the molecule is C=CCN1C(=O)COc2ccc(C(=O)Cn3cc(Br)ccc3=O)cc21. The number of hydrogen-bond acceptors (Lipinski definition) is 4. The van der Waals surface area contributed by atoms with Gasteiger partial charge in [-0.25, -0.2) is 0 Å². The minimum Gasteiger partial charge on any atom is -0.482 e. The molecule has 1 amide bonds. The summed E-state index contributed by atoms with van der Waals surface area (Å²) in [6.07, 6.45) is 3.18. The van der Waals surface area contributed by atoms with Crippen LogP contribution >= 0.6 is 15.9 Å². The minimum absolute atomic E-state index is 0.0401. The van der Waals surface area contributed by atoms with E-state index in [1.807, 2.05) is 0 Å². The zero-order chi connectivity index (χ0) is 18.0. The molecule has 25 heavy (non-hydrogen) atoms. The Morgan fingerprint density at radius 3 is 2.84 bits per heavy atom. The number of pyridine rings is 1. The Bertz CT molecular complexity index is 920. The second-order valence-corrected chi connectivity index (χ2v) is 6.42. The third-order valence-corrected chi connectivity index (χ3v) is 4.27. The molecule has 0 N–H and O–H groups in total. The van der Waals surface area contributed by atoms with Crippen LogP contribution in [-0.2, 0) is 11.3 Å². The van der Waals surface area contributed by atoms with Gasteiger partial charge in [-0.2, -0.15) is 0 Å². The van der Waals surface area contributed by atoms with Gasteiger partial charge in [0.1, 0.15) is 5.75 Å². The Hall–Kier alpha value is -2.67. The molecule has 1 aliphatic heterocycles. The quantitative estimate of drug-likeness (QED) is 0.568. The van der Waals surface area contributed by atoms with E-state index in [0.717, 1.165) is 0 Å². The third-order valence-electron chi connectivity index (χ3n) is 3.80. The molecule has 0 atom stereocenters. The Morgan fingerprint density at radius 1 is 1.28 bits per heavy atom. The summed E-state index contributed by atoms with van der Waals surface area (Å²) in [5, 5.41) is 0. The van der Waals surface area contributed by atoms with Gasteiger partial charge in [0.2, 0.25) is 0 Å². The molecule has 6 nitrogen and oxygen atoms in total. The zero-order valence-corrected chi connectivity index (χ0v) is 14.9. The number of benzene rings is 1. The van der Waals surface area contributed by atoms with E-state index in [9.17, 15) is 14.4 Å². The molecule has 0 radical (unpaired) electrons. The number of ether oxygens (including phenoxy) is 1. The molecule has 0 saturated carbocycles. The van der Waals surface area contributed by atoms with Crippen LogP contribution in [0.15, 0.2) is 58.5 Å². The normalized spacial score (nSPS) is 13.2. The molecule has 2 aromatic rings. The second kappa shape index (κ2) is 7.06. The predicted octanol–water partition coefficient (Wildman–Crippen LogP) is 2.41. The van der Waals surface area contributed by atoms with Crippen LogP contribution in [0.4, 0.5) is 5.69 Å². The van der Waals surface area contributed by atoms with Gasteiger partial charge in [-0.05, 0) is 40.2 Å². The highest BCUT2D eigenvalue weighted by molar-refractivity contribution is 9.10. The summed E-state index contributed by atoms with van der Waals surface area (Å²) in [7, 11) is 0. The number of nitrogens with zero attached hydrogens (tertiary/aromatic N) is 2. The van der Waals surface area contributed by atoms with Gasteiger partial charge >= 0.3 is 0 Å². The minimum atomic E-state index is -0.263. The lowest BCUT2D eigenvalue weighted by Gasteiger charge is -2.28. The molecule has 0 bridgehead atoms. The van der Waals surface area contributed by atoms with Gasteiger partial charge in [0.15, 0.2) is 12.4 Å². The molecule has 7 heteroatoms. The summed E-state index contributed by atoms with van der Waals surface area (Å²) in [6, 6.07) is 7.92. The number of fused-ring (bicyclic) bond motifs is 1. The lowest BCUT2D eigenvalue weighted by molar-refractivity contribution is -0.121. The number of anilines is 1. The first-order valence-electron chi connectivity index (χ1n) is 7.57. The van der Waals surface area contributed by atoms with Crippen molar-refractivity contribution >= 4 is 33.3 Å². The highest BCUT2D eigenvalue weighted by Gasteiger charge is 2.25. The molecule has 0 unspecified atom stereocenters. The number of halogens is 1. The summed E-state index contributed by atoms with van der Waals surface area (Å²) in [5.41, 5.74) is 0.669. The van der Waals surface area contributed by atoms with Crippen LogP contribution in [0.5, 0.6) is 5.75 Å². The molecule has 1 aromatic carbocycles. The Labute approximate surface area is 152 Å². The standard InChI is InChI=1S/C18H15BrN2O4/c1-2-7-21-14-8-12(3-5-16(14)25-11-18(21)24)15(22)10-20-9-13(19)4-6-17(20)23/h2-6,8-9H,1,7,10-11H2. The summed E-state index contributed by atoms with van der Waals surface area (Å²) >= 11 is 3.28. The zero-order valence-electron chi connectivity index (χ0n) is 13.3. The lowest BCUT2D eigenvalue weighted by atomic mass is 10.1. The molecule has 0 aliphatic carbocycles. The Kier molecular flexibility index (Phi) is 4.85. The van der Waals surface area contributed by atoms with Crippen LogP contribution in [0.25, 0.3) is 0 Å². The van der Waals surface area contributed by atoms with Crippen LogP contribution in [-0.4, -0.2) is 29.4 Å². The van der Waals surface area contributed by atoms with Crippen LogP contribution < -0.4 is 15.2 Å². The Balaban J connectivity index is 1.92. The number of Topliss-reactive ketones (excluding diaryl/α,β-unsaturated/α-hetero) is 1. The fourth-order valence-electron chi connectivity index (χ4n) is 2.58. The molecule has 128 valence electrons. The summed E-state index contributed by atoms with van der Waals surface area (Å²) in [6.45, 7) is 3.85. The van der Waals surface area contributed by atoms with Crippen LogP contribution in [0, 0.1) is 0 Å². The van der Waals surface area contributed by atoms with E-state index in [1.54, 1.807) is 36.5 Å². The first kappa shape index (κ1) is 17.2. The number of rotatable bonds is 5. The van der Waals surface area contributed by atoms with Gasteiger partial charge in [-0.15, -0.1) is 6.58 Å². The molecule has 0 saturated heterocycles. The van der Waals surface area contributed by atoms with E-state index in [-0.39, 0.29) is 30.4 Å². The van der Waals surface area contributed by atoms with Gasteiger partial charge in [0, 0.05) is 28.8 Å². The van der Waals surface area contributed by atoms with Gasteiger partial charge < -0.3 is 14.2 Å². The van der Waals surface area contributed by atoms with Crippen molar-refractivity contribution in [3.63, 3.8) is 0 Å². The summed E-state index contributed by atoms with van der Waals surface area (Å²) in [4.78, 5) is 38.0. The number of amides is 1. The van der Waals surface area contributed by atoms with Crippen LogP contribution in [0.1, 0.15) is 10.4 Å². The van der Waals surface area contributed by atoms with Gasteiger partial charge in [-0.1, -0.05) is 6.08 Å². The van der Waals surface area contributed by atoms with Crippen molar-refractivity contribution in [3.8, 4) is 5.75 Å². The lowest BCUT2D eigenvalue weighted by Crippen LogP contribution is -2.39. The van der Waals surface area contributed by atoms with Crippen molar-refractivity contribution in [2.24, 2.45) is 0 Å². The van der Waals surface area contributed by atoms with Crippen molar-refractivity contribution in [2.75, 3.05) is 18.1 Å². The smallest absolute Gasteiger partial charge is 0.265 e. The van der Waals surface area contributed by atoms with E-state index in [0.29, 0.717) is 28.0 Å². The maximum atomic E-state index is 12.6. The fourth-order valence-corrected chi connectivity index (χ4v) is 2.96. The molecule has 1 aliphatic rings. The van der Waals surface area contributed by atoms with Crippen molar-refractivity contribution in [2.45, 2.75) is 6.54 Å². The summed E-state index contributed by atoms with van der Waals surface area (Å²) in [5.74, 6) is 0.109. The fraction of sp³-hybridized carbons (Fsp3) is 0.167. The topological polar surface area (TPSA) is 68.6 Å². The average molecular weight is 403 g/mol. The number of carbonyl (C=O) groups is 2. The molecular weight excluding hydrogens is 388 g/mol. The average Bonchev–Trinajstić information content (AvgIpc) is 2.60. The van der Waals surface area contributed by atoms with E-state index in [2.05, 4.69) is 22.5 Å². The summed E-state index contributed by atoms with van der Waals surface area (Å²) < 4.78 is 7.44. The molecule has 2 heterocycles. The maximum absolute atomic E-state index is 12.6. The molecular formula is C18H15BrN2O4. The maximum Gasteiger partial charge on any atom is 0.265 e. The van der Waals surface area contributed by atoms with Crippen LogP contribution in [0.3, 0.4) is 0 Å². The van der Waals surface area contributed by atoms with Crippen molar-refractivity contribution in [1.82, 2.24) is 4.57 Å². The monoisotopic (exact) mass is 402 g/mol. The number of hydrogen-bond donors (Lipinski definition) is 0. The van der Waals surface area contributed by atoms with E-state index in [1.165, 1.54) is 15.5 Å². The van der Waals surface area contributed by atoms with Crippen molar-refractivity contribution in [3.05, 3.63) is 69.6 Å². The number of carbonyl (C=O) groups excluding carboxylic acids is 2. The highest BCUT2D eigenvalue weighted by atomic mass is 79.9. The number of ketones is 1. The first-order valence-corrected chi connectivity index (χ1v) is 8.36. The van der Waals surface area contributed by atoms with Gasteiger partial charge in [0.05, 0.1) is 12.2 Å². The van der Waals surface area contributed by atoms with Crippen molar-refractivity contribution < 1.29 is 14.3 Å². The van der Waals surface area contributed by atoms with Crippen LogP contribution in [0.2, 0.25) is 0 Å². The molecule has 1 aromatic heterocycles. The van der Waals surface area contributed by atoms with E-state index < -0.39 is 0 Å². The number of aromatic nitrogens is 1. The Morgan fingerprint density at radius 2 is 2.08 bits per heavy atom. The van der Waals surface area contributed by atoms with Crippen molar-refractivity contribution in [1.29, 1.82) is 0 Å². The first-order chi connectivity index (χ1) is 12.0. The van der Waals surface area contributed by atoms with Gasteiger partial charge in [-0.3, -0.25) is 14.4 Å².